The quantitative estimate of drug-likeness (QED) is 0.137. The van der Waals surface area contributed by atoms with Crippen LogP contribution in [0.5, 0.6) is 0 Å². The fourth-order valence-corrected chi connectivity index (χ4v) is 5.23. The number of hydrogen-bond donors (Lipinski definition) is 2. The number of hydrogen-bond acceptors (Lipinski definition) is 5. The lowest BCUT2D eigenvalue weighted by molar-refractivity contribution is -0.142. The zero-order valence-corrected chi connectivity index (χ0v) is 25.0. The first-order valence-electron chi connectivity index (χ1n) is 12.6. The van der Waals surface area contributed by atoms with Crippen molar-refractivity contribution < 1.29 is 19.4 Å². The lowest BCUT2D eigenvalue weighted by atomic mass is 9.95. The Morgan fingerprint density at radius 1 is 1.07 bits per heavy atom. The van der Waals surface area contributed by atoms with Gasteiger partial charge in [-0.1, -0.05) is 77.0 Å². The molecule has 0 saturated carbocycles. The van der Waals surface area contributed by atoms with Gasteiger partial charge in [-0.2, -0.15) is 0 Å². The molecule has 3 aromatic carbocycles. The summed E-state index contributed by atoms with van der Waals surface area (Å²) in [4.78, 5) is 34.1. The summed E-state index contributed by atoms with van der Waals surface area (Å²) in [5, 5.41) is 13.8. The van der Waals surface area contributed by atoms with Crippen molar-refractivity contribution in [1.29, 1.82) is 0 Å². The number of nitrogens with zero attached hydrogens (tertiary/aromatic N) is 2. The molecule has 7 nitrogen and oxygen atoms in total. The van der Waals surface area contributed by atoms with Crippen LogP contribution in [0.15, 0.2) is 60.8 Å². The van der Waals surface area contributed by atoms with Crippen molar-refractivity contribution in [2.45, 2.75) is 31.9 Å². The Morgan fingerprint density at radius 2 is 1.76 bits per heavy atom. The smallest absolute Gasteiger partial charge is 0.328 e. The highest BCUT2D eigenvalue weighted by Gasteiger charge is 2.26. The Hall–Kier alpha value is -4.11. The Morgan fingerprint density at radius 3 is 2.38 bits per heavy atom. The molecule has 0 aliphatic rings. The summed E-state index contributed by atoms with van der Waals surface area (Å²) >= 11 is 19.3. The molecule has 0 fully saturated rings. The highest BCUT2D eigenvalue weighted by atomic mass is 35.5. The lowest BCUT2D eigenvalue weighted by Crippen LogP contribution is -2.43. The van der Waals surface area contributed by atoms with Gasteiger partial charge in [0.1, 0.15) is 11.6 Å². The molecule has 1 heterocycles. The van der Waals surface area contributed by atoms with Gasteiger partial charge in [-0.25, -0.2) is 9.64 Å². The number of halogens is 3. The van der Waals surface area contributed by atoms with E-state index in [2.05, 4.69) is 27.0 Å². The minimum atomic E-state index is -1.23. The number of rotatable bonds is 6. The number of aromatic nitrogens is 1. The van der Waals surface area contributed by atoms with Crippen LogP contribution in [0.25, 0.3) is 26.9 Å². The van der Waals surface area contributed by atoms with Crippen LogP contribution in [0, 0.1) is 18.4 Å². The number of esters is 1. The minimum Gasteiger partial charge on any atom is -0.467 e. The normalized spacial score (nSPS) is 11.7. The maximum absolute atomic E-state index is 13.3. The second kappa shape index (κ2) is 12.8. The van der Waals surface area contributed by atoms with Crippen LogP contribution in [0.4, 0.5) is 5.69 Å². The summed E-state index contributed by atoms with van der Waals surface area (Å²) in [5.41, 5.74) is 2.40. The summed E-state index contributed by atoms with van der Waals surface area (Å²) in [6.45, 7) is 10.3. The van der Waals surface area contributed by atoms with Crippen molar-refractivity contribution in [3.05, 3.63) is 104 Å². The van der Waals surface area contributed by atoms with Crippen LogP contribution in [-0.2, 0) is 16.0 Å². The third-order valence-electron chi connectivity index (χ3n) is 6.23. The maximum Gasteiger partial charge on any atom is 0.328 e. The molecule has 0 bridgehead atoms. The van der Waals surface area contributed by atoms with Gasteiger partial charge in [-0.15, -0.1) is 0 Å². The van der Waals surface area contributed by atoms with Crippen molar-refractivity contribution in [1.82, 2.24) is 10.3 Å². The van der Waals surface area contributed by atoms with E-state index >= 15 is 0 Å². The highest BCUT2D eigenvalue weighted by molar-refractivity contribution is 6.40. The van der Waals surface area contributed by atoms with Crippen molar-refractivity contribution >= 4 is 63.3 Å². The van der Waals surface area contributed by atoms with Gasteiger partial charge in [0.2, 0.25) is 0 Å². The van der Waals surface area contributed by atoms with Gasteiger partial charge in [0.15, 0.2) is 5.69 Å². The molecule has 4 rings (SSSR count). The molecule has 4 aromatic rings. The van der Waals surface area contributed by atoms with E-state index in [0.717, 1.165) is 16.5 Å². The number of pyridine rings is 1. The topological polar surface area (TPSA) is 92.9 Å². The number of carbonyl (C=O) groups excluding carboxylic acids is 2. The Balaban J connectivity index is 1.68. The predicted octanol–water partition coefficient (Wildman–Crippen LogP) is 7.05. The third kappa shape index (κ3) is 7.02. The largest absolute Gasteiger partial charge is 0.467 e. The van der Waals surface area contributed by atoms with Gasteiger partial charge < -0.3 is 15.2 Å². The monoisotopic (exact) mass is 619 g/mol. The molecule has 0 aliphatic carbocycles. The molecule has 2 N–H and O–H groups in total. The van der Waals surface area contributed by atoms with Crippen LogP contribution >= 0.6 is 34.8 Å². The summed E-state index contributed by atoms with van der Waals surface area (Å²) in [6, 6.07) is 14.2. The van der Waals surface area contributed by atoms with Crippen LogP contribution in [0.1, 0.15) is 35.3 Å². The summed E-state index contributed by atoms with van der Waals surface area (Å²) < 4.78 is 4.99. The molecule has 0 unspecified atom stereocenters. The number of carbonyl (C=O) groups is 2. The molecule has 1 amide bonds. The Kier molecular flexibility index (Phi) is 9.41. The van der Waals surface area contributed by atoms with Gasteiger partial charge in [-0.05, 0) is 49.2 Å². The van der Waals surface area contributed by atoms with E-state index in [-0.39, 0.29) is 22.0 Å². The van der Waals surface area contributed by atoms with Crippen molar-refractivity contribution in [3.8, 4) is 23.0 Å². The van der Waals surface area contributed by atoms with E-state index in [9.17, 15) is 14.7 Å². The first-order chi connectivity index (χ1) is 19.9. The molecular weight excluding hydrogens is 597 g/mol. The number of aliphatic hydroxyl groups is 1. The number of amides is 1. The molecule has 212 valence electrons. The molecule has 0 radical (unpaired) electrons. The molecule has 1 atom stereocenters. The van der Waals surface area contributed by atoms with E-state index in [0.29, 0.717) is 27.4 Å². The highest BCUT2D eigenvalue weighted by Crippen LogP contribution is 2.36. The van der Waals surface area contributed by atoms with Gasteiger partial charge >= 0.3 is 5.97 Å². The van der Waals surface area contributed by atoms with Gasteiger partial charge in [-0.3, -0.25) is 9.78 Å². The second-order valence-electron chi connectivity index (χ2n) is 9.83. The average molecular weight is 621 g/mol. The van der Waals surface area contributed by atoms with Gasteiger partial charge in [0, 0.05) is 34.2 Å². The van der Waals surface area contributed by atoms with E-state index in [1.54, 1.807) is 30.5 Å². The van der Waals surface area contributed by atoms with Crippen LogP contribution in [-0.4, -0.2) is 40.7 Å². The Labute approximate surface area is 258 Å². The molecule has 42 heavy (non-hydrogen) atoms. The van der Waals surface area contributed by atoms with E-state index in [1.165, 1.54) is 33.1 Å². The van der Waals surface area contributed by atoms with Crippen molar-refractivity contribution in [2.24, 2.45) is 0 Å². The molecular formula is C32H24Cl3N3O4. The van der Waals surface area contributed by atoms with E-state index in [4.69, 9.17) is 46.1 Å². The molecule has 10 heteroatoms. The number of methoxy groups -OCH3 is 1. The SMILES string of the molecule is [C-]#[N+]c1ccc(-c2ccc(C[C@H](NC(=O)c3c(Cl)cc(C#CC(C)(C)O)cc3Cl)C(=O)OC)c3cccnc23)c(Cl)c1. The zero-order chi connectivity index (χ0) is 30.6. The first kappa shape index (κ1) is 30.8. The molecule has 0 aliphatic heterocycles. The molecule has 1 aromatic heterocycles. The van der Waals surface area contributed by atoms with Crippen molar-refractivity contribution in [2.75, 3.05) is 7.11 Å². The molecule has 0 saturated heterocycles. The number of nitrogens with one attached hydrogen (secondary N) is 1. The molecule has 0 spiro atoms. The van der Waals surface area contributed by atoms with Crippen LogP contribution in [0.2, 0.25) is 15.1 Å². The summed E-state index contributed by atoms with van der Waals surface area (Å²) in [5.74, 6) is 4.10. The van der Waals surface area contributed by atoms with Crippen molar-refractivity contribution in [3.63, 3.8) is 0 Å². The first-order valence-corrected chi connectivity index (χ1v) is 13.7. The Bertz CT molecular complexity index is 1790. The van der Waals surface area contributed by atoms with Gasteiger partial charge in [0.05, 0.1) is 34.8 Å². The summed E-state index contributed by atoms with van der Waals surface area (Å²) in [6.07, 6.45) is 1.73. The van der Waals surface area contributed by atoms with Crippen LogP contribution in [0.3, 0.4) is 0 Å². The number of benzene rings is 3. The predicted molar refractivity (Wildman–Crippen MR) is 165 cm³/mol. The number of fused-ring (bicyclic) bond motifs is 1. The van der Waals surface area contributed by atoms with E-state index < -0.39 is 23.5 Å². The second-order valence-corrected chi connectivity index (χ2v) is 11.0. The maximum atomic E-state index is 13.3. The minimum absolute atomic E-state index is 0.0274. The number of ether oxygens (including phenoxy) is 1. The van der Waals surface area contributed by atoms with Gasteiger partial charge in [0.25, 0.3) is 5.91 Å². The average Bonchev–Trinajstić information content (AvgIpc) is 2.95. The summed E-state index contributed by atoms with van der Waals surface area (Å²) in [7, 11) is 1.23. The fraction of sp³-hybridized carbons (Fsp3) is 0.188. The lowest BCUT2D eigenvalue weighted by Gasteiger charge is -2.19. The fourth-order valence-electron chi connectivity index (χ4n) is 4.29. The third-order valence-corrected chi connectivity index (χ3v) is 7.14. The zero-order valence-electron chi connectivity index (χ0n) is 22.8. The standard InChI is InChI=1S/C32H24Cl3N3O4/c1-32(2,41)12-11-18-14-25(34)28(26(35)15-18)30(39)38-27(31(40)42-4)16-19-7-9-23(29-21(19)6-5-13-37-29)22-10-8-20(36-3)17-24(22)33/h5-10,13-15,17,27,41H,16H2,1-2,4H3,(H,38,39)/t27-/m0/s1. The van der Waals surface area contributed by atoms with Crippen LogP contribution < -0.4 is 5.32 Å². The van der Waals surface area contributed by atoms with E-state index in [1.807, 2.05) is 18.2 Å².